The molecule has 1 rings (SSSR count). The van der Waals surface area contributed by atoms with E-state index < -0.39 is 74.3 Å². The molecule has 13 nitrogen and oxygen atoms in total. The van der Waals surface area contributed by atoms with Crippen LogP contribution in [0, 0.1) is 16.6 Å². The molecule has 202 valence electrons. The maximum atomic E-state index is 11.5. The van der Waals surface area contributed by atoms with Crippen molar-refractivity contribution >= 4 is 41.6 Å². The van der Waals surface area contributed by atoms with Crippen LogP contribution in [0.5, 0.6) is 0 Å². The predicted molar refractivity (Wildman–Crippen MR) is 129 cm³/mol. The van der Waals surface area contributed by atoms with Gasteiger partial charge in [0.2, 0.25) is 0 Å². The number of nitrogens with zero attached hydrogens (tertiary/aromatic N) is 3. The molecule has 0 radical (unpaired) electrons. The van der Waals surface area contributed by atoms with Gasteiger partial charge in [0.1, 0.15) is 5.40 Å². The number of hydrogen-bond acceptors (Lipinski definition) is 9. The summed E-state index contributed by atoms with van der Waals surface area (Å²) < 4.78 is 0. The van der Waals surface area contributed by atoms with E-state index in [4.69, 9.17) is 15.5 Å². The zero-order chi connectivity index (χ0) is 28.0. The van der Waals surface area contributed by atoms with Gasteiger partial charge in [0.15, 0.2) is 0 Å². The second kappa shape index (κ2) is 16.1. The number of thiocyanates is 1. The summed E-state index contributed by atoms with van der Waals surface area (Å²) in [6, 6.07) is 5.98. The number of rotatable bonds is 19. The molecule has 1 aromatic rings. The van der Waals surface area contributed by atoms with Gasteiger partial charge < -0.3 is 25.5 Å². The summed E-state index contributed by atoms with van der Waals surface area (Å²) >= 11 is 0.944. The summed E-state index contributed by atoms with van der Waals surface area (Å²) in [5, 5.41) is 57.0. The Morgan fingerprint density at radius 2 is 1.32 bits per heavy atom. The van der Waals surface area contributed by atoms with E-state index in [0.717, 1.165) is 11.8 Å². The zero-order valence-corrected chi connectivity index (χ0v) is 20.7. The maximum absolute atomic E-state index is 11.5. The second-order valence-corrected chi connectivity index (χ2v) is 9.23. The third-order valence-electron chi connectivity index (χ3n) is 5.36. The van der Waals surface area contributed by atoms with E-state index in [0.29, 0.717) is 10.5 Å². The molecule has 0 saturated carbocycles. The van der Waals surface area contributed by atoms with Crippen LogP contribution in [-0.4, -0.2) is 104 Å². The lowest BCUT2D eigenvalue weighted by atomic mass is 9.97. The van der Waals surface area contributed by atoms with Crippen LogP contribution in [0.15, 0.2) is 29.2 Å². The van der Waals surface area contributed by atoms with E-state index in [1.54, 1.807) is 24.3 Å². The molecule has 0 amide bonds. The maximum Gasteiger partial charge on any atom is 0.317 e. The van der Waals surface area contributed by atoms with Crippen molar-refractivity contribution in [2.75, 3.05) is 32.7 Å². The third kappa shape index (κ3) is 13.9. The van der Waals surface area contributed by atoms with Crippen molar-refractivity contribution in [1.82, 2.24) is 9.80 Å². The van der Waals surface area contributed by atoms with E-state index in [2.05, 4.69) is 0 Å². The molecule has 0 aromatic heterocycles. The fourth-order valence-corrected chi connectivity index (χ4v) is 4.23. The van der Waals surface area contributed by atoms with Gasteiger partial charge in [-0.2, -0.15) is 5.26 Å². The molecule has 0 spiro atoms. The van der Waals surface area contributed by atoms with Gasteiger partial charge in [-0.3, -0.25) is 33.8 Å². The third-order valence-corrected chi connectivity index (χ3v) is 5.96. The van der Waals surface area contributed by atoms with Crippen molar-refractivity contribution in [2.45, 2.75) is 36.6 Å². The number of aliphatic carboxylic acids is 5. The molecule has 14 heteroatoms. The molecule has 5 N–H and O–H groups in total. The largest absolute Gasteiger partial charge is 0.481 e. The van der Waals surface area contributed by atoms with Crippen molar-refractivity contribution in [3.63, 3.8) is 0 Å². The van der Waals surface area contributed by atoms with Gasteiger partial charge >= 0.3 is 29.8 Å². The molecule has 0 saturated heterocycles. The highest BCUT2D eigenvalue weighted by atomic mass is 32.2. The SMILES string of the molecule is N#CSc1ccc(CC(CN(CCC(CC(=O)O)CC(=O)O)CC(=O)O)N(CC(=O)O)CC(=O)O)cc1. The highest BCUT2D eigenvalue weighted by molar-refractivity contribution is 8.03. The highest BCUT2D eigenvalue weighted by Gasteiger charge is 2.27. The van der Waals surface area contributed by atoms with Crippen molar-refractivity contribution < 1.29 is 49.5 Å². The Balaban J connectivity index is 3.22. The predicted octanol–water partition coefficient (Wildman–Crippen LogP) is 0.984. The molecule has 0 aliphatic carbocycles. The molecular weight excluding hydrogens is 510 g/mol. The Kier molecular flexibility index (Phi) is 13.7. The molecule has 0 aliphatic heterocycles. The van der Waals surface area contributed by atoms with Crippen LogP contribution in [0.4, 0.5) is 0 Å². The Morgan fingerprint density at radius 3 is 1.76 bits per heavy atom. The lowest BCUT2D eigenvalue weighted by Crippen LogP contribution is -2.50. The summed E-state index contributed by atoms with van der Waals surface area (Å²) in [7, 11) is 0. The standard InChI is InChI=1S/C23H29N3O10S/c24-14-37-18-3-1-15(2-4-18)7-17(26(12-22(33)34)13-23(35)36)10-25(11-21(31)32)6-5-16(8-19(27)28)9-20(29)30/h1-4,16-17H,5-13H2,(H,27,28)(H,29,30)(H,31,32)(H,33,34)(H,35,36). The monoisotopic (exact) mass is 539 g/mol. The minimum Gasteiger partial charge on any atom is -0.481 e. The van der Waals surface area contributed by atoms with Crippen LogP contribution in [-0.2, 0) is 30.4 Å². The van der Waals surface area contributed by atoms with E-state index >= 15 is 0 Å². The van der Waals surface area contributed by atoms with E-state index in [1.165, 1.54) is 9.80 Å². The quantitative estimate of drug-likeness (QED) is 0.122. The van der Waals surface area contributed by atoms with Gasteiger partial charge in [-0.1, -0.05) is 12.1 Å². The molecule has 1 atom stereocenters. The summed E-state index contributed by atoms with van der Waals surface area (Å²) in [5.41, 5.74) is 0.693. The fraction of sp³-hybridized carbons (Fsp3) is 0.478. The van der Waals surface area contributed by atoms with Gasteiger partial charge in [0.25, 0.3) is 0 Å². The average Bonchev–Trinajstić information content (AvgIpc) is 2.76. The lowest BCUT2D eigenvalue weighted by Gasteiger charge is -2.34. The van der Waals surface area contributed by atoms with Crippen LogP contribution >= 0.6 is 11.8 Å². The van der Waals surface area contributed by atoms with Crippen LogP contribution in [0.25, 0.3) is 0 Å². The van der Waals surface area contributed by atoms with Crippen LogP contribution in [0.1, 0.15) is 24.8 Å². The summed E-state index contributed by atoms with van der Waals surface area (Å²) in [6.45, 7) is -1.83. The molecule has 0 aliphatic rings. The molecule has 1 aromatic carbocycles. The van der Waals surface area contributed by atoms with E-state index in [1.807, 2.05) is 5.40 Å². The fourth-order valence-electron chi connectivity index (χ4n) is 3.85. The number of carboxylic acids is 5. The van der Waals surface area contributed by atoms with Gasteiger partial charge in [0.05, 0.1) is 19.6 Å². The molecule has 37 heavy (non-hydrogen) atoms. The number of carboxylic acid groups (broad SMARTS) is 5. The highest BCUT2D eigenvalue weighted by Crippen LogP contribution is 2.20. The molecule has 1 unspecified atom stereocenters. The molecule has 0 heterocycles. The lowest BCUT2D eigenvalue weighted by molar-refractivity contribution is -0.144. The summed E-state index contributed by atoms with van der Waals surface area (Å²) in [5.74, 6) is -6.92. The number of carbonyl (C=O) groups is 5. The number of hydrogen-bond donors (Lipinski definition) is 5. The smallest absolute Gasteiger partial charge is 0.317 e. The second-order valence-electron chi connectivity index (χ2n) is 8.37. The van der Waals surface area contributed by atoms with E-state index in [9.17, 15) is 39.3 Å². The first-order valence-corrected chi connectivity index (χ1v) is 11.9. The van der Waals surface area contributed by atoms with Crippen molar-refractivity contribution in [2.24, 2.45) is 5.92 Å². The van der Waals surface area contributed by atoms with Crippen LogP contribution < -0.4 is 0 Å². The average molecular weight is 540 g/mol. The van der Waals surface area contributed by atoms with Crippen molar-refractivity contribution in [1.29, 1.82) is 5.26 Å². The van der Waals surface area contributed by atoms with Crippen LogP contribution in [0.3, 0.4) is 0 Å². The van der Waals surface area contributed by atoms with Crippen molar-refractivity contribution in [3.8, 4) is 5.40 Å². The Bertz CT molecular complexity index is 963. The summed E-state index contributed by atoms with van der Waals surface area (Å²) in [4.78, 5) is 60.0. The molecular formula is C23H29N3O10S. The topological polar surface area (TPSA) is 217 Å². The van der Waals surface area contributed by atoms with Crippen LogP contribution in [0.2, 0.25) is 0 Å². The van der Waals surface area contributed by atoms with Gasteiger partial charge in [-0.25, -0.2) is 0 Å². The first-order valence-electron chi connectivity index (χ1n) is 11.1. The first-order chi connectivity index (χ1) is 17.4. The van der Waals surface area contributed by atoms with Crippen molar-refractivity contribution in [3.05, 3.63) is 29.8 Å². The Morgan fingerprint density at radius 1 is 0.811 bits per heavy atom. The normalized spacial score (nSPS) is 11.8. The summed E-state index contributed by atoms with van der Waals surface area (Å²) in [6.07, 6.45) is -0.639. The van der Waals surface area contributed by atoms with E-state index in [-0.39, 0.29) is 25.9 Å². The Labute approximate surface area is 216 Å². The number of thioether (sulfide) groups is 1. The minimum atomic E-state index is -1.28. The number of nitriles is 1. The zero-order valence-electron chi connectivity index (χ0n) is 19.9. The molecule has 0 fully saturated rings. The van der Waals surface area contributed by atoms with Gasteiger partial charge in [-0.05, 0) is 54.8 Å². The Hall–Kier alpha value is -3.67. The molecule has 0 bridgehead atoms. The first kappa shape index (κ1) is 31.4. The van der Waals surface area contributed by atoms with Gasteiger partial charge in [-0.15, -0.1) is 0 Å². The van der Waals surface area contributed by atoms with Gasteiger partial charge in [0, 0.05) is 30.3 Å². The number of benzene rings is 1. The minimum absolute atomic E-state index is 0.000241.